The number of urea groups is 1. The van der Waals surface area contributed by atoms with Crippen LogP contribution >= 0.6 is 31.9 Å². The molecular formula is C14H13Br2N3O. The summed E-state index contributed by atoms with van der Waals surface area (Å²) in [6.07, 6.45) is 2.40. The van der Waals surface area contributed by atoms with E-state index in [9.17, 15) is 4.79 Å². The van der Waals surface area contributed by atoms with Gasteiger partial charge in [0.1, 0.15) is 5.82 Å². The fourth-order valence-corrected chi connectivity index (χ4v) is 2.34. The minimum atomic E-state index is -0.258. The van der Waals surface area contributed by atoms with Crippen LogP contribution in [0, 0.1) is 0 Å². The lowest BCUT2D eigenvalue weighted by Gasteiger charge is -2.08. The molecule has 104 valence electrons. The zero-order valence-corrected chi connectivity index (χ0v) is 13.7. The molecule has 20 heavy (non-hydrogen) atoms. The molecule has 0 aliphatic rings. The number of anilines is 1. The second-order valence-electron chi connectivity index (χ2n) is 4.08. The van der Waals surface area contributed by atoms with Gasteiger partial charge in [-0.15, -0.1) is 0 Å². The molecule has 1 aromatic carbocycles. The van der Waals surface area contributed by atoms with Crippen molar-refractivity contribution in [3.05, 3.63) is 57.1 Å². The molecule has 0 unspecified atom stereocenters. The van der Waals surface area contributed by atoms with E-state index in [1.165, 1.54) is 0 Å². The van der Waals surface area contributed by atoms with Crippen molar-refractivity contribution in [2.75, 3.05) is 11.9 Å². The monoisotopic (exact) mass is 397 g/mol. The van der Waals surface area contributed by atoms with E-state index in [1.54, 1.807) is 12.3 Å². The van der Waals surface area contributed by atoms with Gasteiger partial charge in [0.05, 0.1) is 0 Å². The van der Waals surface area contributed by atoms with Crippen LogP contribution in [0.15, 0.2) is 51.5 Å². The molecule has 6 heteroatoms. The largest absolute Gasteiger partial charge is 0.337 e. The van der Waals surface area contributed by atoms with E-state index in [0.29, 0.717) is 12.4 Å². The van der Waals surface area contributed by atoms with Crippen LogP contribution in [0.1, 0.15) is 5.56 Å². The Morgan fingerprint density at radius 1 is 1.15 bits per heavy atom. The van der Waals surface area contributed by atoms with E-state index < -0.39 is 0 Å². The molecule has 0 saturated carbocycles. The topological polar surface area (TPSA) is 54.0 Å². The van der Waals surface area contributed by atoms with Crippen molar-refractivity contribution in [3.8, 4) is 0 Å². The van der Waals surface area contributed by atoms with Crippen molar-refractivity contribution >= 4 is 43.7 Å². The summed E-state index contributed by atoms with van der Waals surface area (Å²) in [5.41, 5.74) is 1.16. The Bertz CT molecular complexity index is 587. The van der Waals surface area contributed by atoms with E-state index in [0.717, 1.165) is 20.9 Å². The first-order valence-electron chi connectivity index (χ1n) is 6.05. The first-order chi connectivity index (χ1) is 9.65. The van der Waals surface area contributed by atoms with Crippen LogP contribution in [0.2, 0.25) is 0 Å². The number of pyridine rings is 1. The van der Waals surface area contributed by atoms with Gasteiger partial charge in [-0.25, -0.2) is 9.78 Å². The number of nitrogens with one attached hydrogen (secondary N) is 2. The van der Waals surface area contributed by atoms with Crippen molar-refractivity contribution < 1.29 is 4.79 Å². The number of hydrogen-bond donors (Lipinski definition) is 2. The maximum atomic E-state index is 11.7. The molecule has 0 atom stereocenters. The average molecular weight is 399 g/mol. The Kier molecular flexibility index (Phi) is 5.55. The Morgan fingerprint density at radius 2 is 1.95 bits per heavy atom. The van der Waals surface area contributed by atoms with Crippen molar-refractivity contribution in [1.29, 1.82) is 0 Å². The molecule has 2 amide bonds. The molecule has 0 aliphatic carbocycles. The van der Waals surface area contributed by atoms with Crippen LogP contribution < -0.4 is 10.6 Å². The summed E-state index contributed by atoms with van der Waals surface area (Å²) >= 11 is 6.77. The molecule has 0 saturated heterocycles. The van der Waals surface area contributed by atoms with Crippen LogP contribution in [0.3, 0.4) is 0 Å². The highest BCUT2D eigenvalue weighted by Crippen LogP contribution is 2.15. The number of nitrogens with zero attached hydrogens (tertiary/aromatic N) is 1. The number of carbonyl (C=O) groups is 1. The summed E-state index contributed by atoms with van der Waals surface area (Å²) in [7, 11) is 0. The number of hydrogen-bond acceptors (Lipinski definition) is 2. The van der Waals surface area contributed by atoms with Gasteiger partial charge in [0, 0.05) is 21.7 Å². The summed E-state index contributed by atoms with van der Waals surface area (Å²) in [5, 5.41) is 5.48. The highest BCUT2D eigenvalue weighted by molar-refractivity contribution is 9.10. The van der Waals surface area contributed by atoms with Crippen LogP contribution in [0.5, 0.6) is 0 Å². The Morgan fingerprint density at radius 3 is 2.65 bits per heavy atom. The SMILES string of the molecule is O=C(NCCc1ccccc1Br)Nc1ccc(Br)cn1. The molecule has 0 aliphatic heterocycles. The van der Waals surface area contributed by atoms with Crippen molar-refractivity contribution in [2.24, 2.45) is 0 Å². The first kappa shape index (κ1) is 15.0. The van der Waals surface area contributed by atoms with Gasteiger partial charge < -0.3 is 5.32 Å². The quantitative estimate of drug-likeness (QED) is 0.818. The Hall–Kier alpha value is -1.40. The van der Waals surface area contributed by atoms with Gasteiger partial charge in [-0.2, -0.15) is 0 Å². The molecule has 0 fully saturated rings. The lowest BCUT2D eigenvalue weighted by Crippen LogP contribution is -2.30. The molecule has 4 nitrogen and oxygen atoms in total. The normalized spacial score (nSPS) is 10.1. The third-order valence-electron chi connectivity index (χ3n) is 2.61. The summed E-state index contributed by atoms with van der Waals surface area (Å²) in [4.78, 5) is 15.8. The maximum absolute atomic E-state index is 11.7. The van der Waals surface area contributed by atoms with Crippen LogP contribution in [-0.4, -0.2) is 17.6 Å². The third kappa shape index (κ3) is 4.61. The van der Waals surface area contributed by atoms with Gasteiger partial charge in [0.2, 0.25) is 0 Å². The van der Waals surface area contributed by atoms with Gasteiger partial charge in [-0.1, -0.05) is 34.1 Å². The van der Waals surface area contributed by atoms with Crippen molar-refractivity contribution in [2.45, 2.75) is 6.42 Å². The smallest absolute Gasteiger partial charge is 0.320 e. The second-order valence-corrected chi connectivity index (χ2v) is 5.85. The fraction of sp³-hybridized carbons (Fsp3) is 0.143. The predicted octanol–water partition coefficient (Wildman–Crippen LogP) is 3.97. The molecule has 0 spiro atoms. The lowest BCUT2D eigenvalue weighted by molar-refractivity contribution is 0.252. The third-order valence-corrected chi connectivity index (χ3v) is 3.85. The molecular weight excluding hydrogens is 386 g/mol. The predicted molar refractivity (Wildman–Crippen MR) is 86.8 cm³/mol. The Balaban J connectivity index is 1.78. The first-order valence-corrected chi connectivity index (χ1v) is 7.63. The van der Waals surface area contributed by atoms with Gasteiger partial charge in [0.25, 0.3) is 0 Å². The van der Waals surface area contributed by atoms with Gasteiger partial charge >= 0.3 is 6.03 Å². The van der Waals surface area contributed by atoms with Gasteiger partial charge in [0.15, 0.2) is 0 Å². The summed E-state index contributed by atoms with van der Waals surface area (Å²) in [6, 6.07) is 11.3. The van der Waals surface area contributed by atoms with Crippen molar-refractivity contribution in [1.82, 2.24) is 10.3 Å². The summed E-state index contributed by atoms with van der Waals surface area (Å²) in [6.45, 7) is 0.560. The molecule has 0 bridgehead atoms. The molecule has 2 N–H and O–H groups in total. The molecule has 2 aromatic rings. The zero-order chi connectivity index (χ0) is 14.4. The standard InChI is InChI=1S/C14H13Br2N3O/c15-11-5-6-13(18-9-11)19-14(20)17-8-7-10-3-1-2-4-12(10)16/h1-6,9H,7-8H2,(H2,17,18,19,20). The minimum Gasteiger partial charge on any atom is -0.337 e. The second kappa shape index (κ2) is 7.40. The van der Waals surface area contributed by atoms with Crippen LogP contribution in [0.25, 0.3) is 0 Å². The van der Waals surface area contributed by atoms with E-state index in [4.69, 9.17) is 0 Å². The van der Waals surface area contributed by atoms with Crippen LogP contribution in [-0.2, 0) is 6.42 Å². The number of amides is 2. The van der Waals surface area contributed by atoms with E-state index in [1.807, 2.05) is 30.3 Å². The lowest BCUT2D eigenvalue weighted by atomic mass is 10.1. The molecule has 1 heterocycles. The van der Waals surface area contributed by atoms with Gasteiger partial charge in [-0.3, -0.25) is 5.32 Å². The van der Waals surface area contributed by atoms with Gasteiger partial charge in [-0.05, 0) is 46.1 Å². The highest BCUT2D eigenvalue weighted by atomic mass is 79.9. The highest BCUT2D eigenvalue weighted by Gasteiger charge is 2.03. The van der Waals surface area contributed by atoms with E-state index >= 15 is 0 Å². The fourth-order valence-electron chi connectivity index (χ4n) is 1.62. The number of carbonyl (C=O) groups excluding carboxylic acids is 1. The number of rotatable bonds is 4. The summed E-state index contributed by atoms with van der Waals surface area (Å²) in [5.74, 6) is 0.520. The molecule has 0 radical (unpaired) electrons. The number of halogens is 2. The summed E-state index contributed by atoms with van der Waals surface area (Å²) < 4.78 is 1.93. The van der Waals surface area contributed by atoms with Crippen molar-refractivity contribution in [3.63, 3.8) is 0 Å². The van der Waals surface area contributed by atoms with E-state index in [2.05, 4.69) is 47.5 Å². The number of benzene rings is 1. The van der Waals surface area contributed by atoms with E-state index in [-0.39, 0.29) is 6.03 Å². The average Bonchev–Trinajstić information content (AvgIpc) is 2.43. The van der Waals surface area contributed by atoms with Crippen LogP contribution in [0.4, 0.5) is 10.6 Å². The Labute approximate surface area is 134 Å². The molecule has 1 aromatic heterocycles. The zero-order valence-electron chi connectivity index (χ0n) is 10.6. The minimum absolute atomic E-state index is 0.258. The molecule has 2 rings (SSSR count). The number of aromatic nitrogens is 1. The maximum Gasteiger partial charge on any atom is 0.320 e.